The number of terminal acetylenes is 1. The number of rotatable bonds is 4. The number of nitrogens with zero attached hydrogens (tertiary/aromatic N) is 7. The van der Waals surface area contributed by atoms with E-state index in [2.05, 4.69) is 35.8 Å². The van der Waals surface area contributed by atoms with Gasteiger partial charge in [0, 0.05) is 41.6 Å². The number of hydrogen-bond donors (Lipinski definition) is 1. The van der Waals surface area contributed by atoms with Crippen molar-refractivity contribution < 1.29 is 9.13 Å². The Morgan fingerprint density at radius 2 is 1.84 bits per heavy atom. The summed E-state index contributed by atoms with van der Waals surface area (Å²) in [6.45, 7) is 1.80. The maximum atomic E-state index is 15.4. The van der Waals surface area contributed by atoms with Gasteiger partial charge in [-0.3, -0.25) is 0 Å². The third kappa shape index (κ3) is 3.83. The van der Waals surface area contributed by atoms with Crippen LogP contribution in [0.15, 0.2) is 61.2 Å². The number of benzene rings is 2. The van der Waals surface area contributed by atoms with Gasteiger partial charge in [0.1, 0.15) is 17.8 Å². The monoisotopic (exact) mass is 502 g/mol. The largest absolute Gasteiger partial charge is 0.421 e. The van der Waals surface area contributed by atoms with E-state index in [1.54, 1.807) is 31.5 Å². The molecule has 0 aliphatic heterocycles. The SMILES string of the molecule is C#Cc1ncc2ccc(-c3c(-c4ccc(Oc5nccc(C)n5)c(F)c4)c4c(N)ncnc4n3C)cc2n1. The Morgan fingerprint density at radius 1 is 1.00 bits per heavy atom. The molecule has 0 amide bonds. The van der Waals surface area contributed by atoms with Gasteiger partial charge in [-0.15, -0.1) is 6.42 Å². The number of nitrogens with two attached hydrogens (primary N) is 1. The molecule has 0 saturated heterocycles. The van der Waals surface area contributed by atoms with Gasteiger partial charge in [0.05, 0.1) is 16.6 Å². The number of aryl methyl sites for hydroxylation is 2. The van der Waals surface area contributed by atoms with Crippen LogP contribution in [0.25, 0.3) is 44.3 Å². The van der Waals surface area contributed by atoms with Crippen LogP contribution < -0.4 is 10.5 Å². The highest BCUT2D eigenvalue weighted by atomic mass is 19.1. The molecule has 0 spiro atoms. The molecule has 0 aliphatic rings. The van der Waals surface area contributed by atoms with E-state index >= 15 is 4.39 Å². The van der Waals surface area contributed by atoms with Gasteiger partial charge in [0.25, 0.3) is 0 Å². The average Bonchev–Trinajstić information content (AvgIpc) is 3.22. The summed E-state index contributed by atoms with van der Waals surface area (Å²) in [7, 11) is 1.87. The van der Waals surface area contributed by atoms with Crippen LogP contribution in [0.4, 0.5) is 10.2 Å². The van der Waals surface area contributed by atoms with E-state index in [0.29, 0.717) is 33.4 Å². The molecule has 0 saturated carbocycles. The Bertz CT molecular complexity index is 1930. The zero-order valence-electron chi connectivity index (χ0n) is 20.3. The first-order valence-corrected chi connectivity index (χ1v) is 11.5. The summed E-state index contributed by atoms with van der Waals surface area (Å²) < 4.78 is 22.9. The maximum absolute atomic E-state index is 15.4. The minimum absolute atomic E-state index is 0.00502. The lowest BCUT2D eigenvalue weighted by molar-refractivity contribution is 0.410. The number of ether oxygens (including phenoxy) is 1. The molecular formula is C28H19FN8O. The van der Waals surface area contributed by atoms with E-state index in [1.807, 2.05) is 29.8 Å². The van der Waals surface area contributed by atoms with Gasteiger partial charge >= 0.3 is 6.01 Å². The minimum atomic E-state index is -0.587. The van der Waals surface area contributed by atoms with Gasteiger partial charge in [-0.25, -0.2) is 34.3 Å². The van der Waals surface area contributed by atoms with Crippen LogP contribution >= 0.6 is 0 Å². The first-order chi connectivity index (χ1) is 18.4. The summed E-state index contributed by atoms with van der Waals surface area (Å²) in [6, 6.07) is 12.2. The third-order valence-corrected chi connectivity index (χ3v) is 6.18. The van der Waals surface area contributed by atoms with Gasteiger partial charge in [-0.1, -0.05) is 18.2 Å². The second-order valence-electron chi connectivity index (χ2n) is 8.58. The Labute approximate surface area is 216 Å². The predicted molar refractivity (Wildman–Crippen MR) is 142 cm³/mol. The Hall–Kier alpha value is -5.43. The van der Waals surface area contributed by atoms with Gasteiger partial charge in [0.15, 0.2) is 11.6 Å². The first-order valence-electron chi connectivity index (χ1n) is 11.5. The summed E-state index contributed by atoms with van der Waals surface area (Å²) in [5.74, 6) is 2.44. The molecule has 184 valence electrons. The van der Waals surface area contributed by atoms with Crippen molar-refractivity contribution in [2.24, 2.45) is 7.05 Å². The van der Waals surface area contributed by atoms with Crippen molar-refractivity contribution >= 4 is 27.8 Å². The van der Waals surface area contributed by atoms with E-state index in [1.165, 1.54) is 18.5 Å². The average molecular weight is 503 g/mol. The van der Waals surface area contributed by atoms with Crippen molar-refractivity contribution in [3.05, 3.63) is 78.5 Å². The molecule has 4 aromatic heterocycles. The molecule has 0 aliphatic carbocycles. The van der Waals surface area contributed by atoms with Crippen molar-refractivity contribution in [2.75, 3.05) is 5.73 Å². The van der Waals surface area contributed by atoms with Crippen molar-refractivity contribution in [1.82, 2.24) is 34.5 Å². The molecule has 10 heteroatoms. The number of aromatic nitrogens is 7. The highest BCUT2D eigenvalue weighted by molar-refractivity contribution is 6.08. The number of anilines is 1. The predicted octanol–water partition coefficient (Wildman–Crippen LogP) is 4.84. The lowest BCUT2D eigenvalue weighted by Crippen LogP contribution is -1.96. The Kier molecular flexibility index (Phi) is 5.39. The van der Waals surface area contributed by atoms with E-state index in [0.717, 1.165) is 16.6 Å². The van der Waals surface area contributed by atoms with Crippen molar-refractivity contribution in [3.63, 3.8) is 0 Å². The topological polar surface area (TPSA) is 118 Å². The molecule has 4 heterocycles. The van der Waals surface area contributed by atoms with Crippen molar-refractivity contribution in [3.8, 4) is 46.5 Å². The van der Waals surface area contributed by atoms with Crippen LogP contribution in [0.1, 0.15) is 11.5 Å². The Morgan fingerprint density at radius 3 is 2.63 bits per heavy atom. The maximum Gasteiger partial charge on any atom is 0.322 e. The number of fused-ring (bicyclic) bond motifs is 2. The van der Waals surface area contributed by atoms with Gasteiger partial charge in [-0.2, -0.15) is 0 Å². The molecular weight excluding hydrogens is 483 g/mol. The third-order valence-electron chi connectivity index (χ3n) is 6.18. The fourth-order valence-corrected chi connectivity index (χ4v) is 4.45. The molecule has 2 N–H and O–H groups in total. The Balaban J connectivity index is 1.55. The first kappa shape index (κ1) is 23.0. The molecule has 0 atom stereocenters. The number of hydrogen-bond acceptors (Lipinski definition) is 8. The van der Waals surface area contributed by atoms with Gasteiger partial charge in [-0.05, 0) is 42.7 Å². The number of nitrogen functional groups attached to an aromatic ring is 1. The molecule has 38 heavy (non-hydrogen) atoms. The molecule has 0 radical (unpaired) electrons. The van der Waals surface area contributed by atoms with E-state index in [4.69, 9.17) is 16.9 Å². The normalized spacial score (nSPS) is 11.1. The van der Waals surface area contributed by atoms with E-state index in [9.17, 15) is 0 Å². The summed E-state index contributed by atoms with van der Waals surface area (Å²) >= 11 is 0. The van der Waals surface area contributed by atoms with Crippen LogP contribution in [-0.4, -0.2) is 34.5 Å². The molecule has 0 fully saturated rings. The smallest absolute Gasteiger partial charge is 0.322 e. The molecule has 0 bridgehead atoms. The second kappa shape index (κ2) is 8.90. The summed E-state index contributed by atoms with van der Waals surface area (Å²) in [5, 5.41) is 1.44. The summed E-state index contributed by atoms with van der Waals surface area (Å²) in [6.07, 6.45) is 10.1. The minimum Gasteiger partial charge on any atom is -0.421 e. The van der Waals surface area contributed by atoms with Crippen LogP contribution in [-0.2, 0) is 7.05 Å². The lowest BCUT2D eigenvalue weighted by atomic mass is 9.98. The van der Waals surface area contributed by atoms with Crippen LogP contribution in [0, 0.1) is 25.1 Å². The standard InChI is InChI=1S/C28H19FN8O/c1-4-22-32-13-18-6-5-17(12-20(18)36-22)25-23(24-26(30)33-14-34-27(24)37(25)3)16-7-8-21(19(29)11-16)38-28-31-10-9-15(2)35-28/h1,5-14H,2-3H3,(H2,30,33,34). The van der Waals surface area contributed by atoms with Crippen molar-refractivity contribution in [2.45, 2.75) is 6.92 Å². The van der Waals surface area contributed by atoms with Gasteiger partial charge in [0.2, 0.25) is 5.82 Å². The van der Waals surface area contributed by atoms with E-state index < -0.39 is 5.82 Å². The lowest BCUT2D eigenvalue weighted by Gasteiger charge is -2.11. The van der Waals surface area contributed by atoms with Crippen LogP contribution in [0.5, 0.6) is 11.8 Å². The fourth-order valence-electron chi connectivity index (χ4n) is 4.45. The molecule has 0 unspecified atom stereocenters. The number of halogens is 1. The molecule has 6 aromatic rings. The highest BCUT2D eigenvalue weighted by Crippen LogP contribution is 2.43. The van der Waals surface area contributed by atoms with Crippen molar-refractivity contribution in [1.29, 1.82) is 0 Å². The van der Waals surface area contributed by atoms with E-state index in [-0.39, 0.29) is 23.4 Å². The molecule has 9 nitrogen and oxygen atoms in total. The summed E-state index contributed by atoms with van der Waals surface area (Å²) in [5.41, 5.74) is 11.1. The van der Waals surface area contributed by atoms with Gasteiger partial charge < -0.3 is 15.0 Å². The quantitative estimate of drug-likeness (QED) is 0.340. The zero-order valence-corrected chi connectivity index (χ0v) is 20.3. The van der Waals surface area contributed by atoms with Crippen LogP contribution in [0.2, 0.25) is 0 Å². The fraction of sp³-hybridized carbons (Fsp3) is 0.0714. The molecule has 6 rings (SSSR count). The summed E-state index contributed by atoms with van der Waals surface area (Å²) in [4.78, 5) is 25.5. The van der Waals surface area contributed by atoms with Crippen LogP contribution in [0.3, 0.4) is 0 Å². The second-order valence-corrected chi connectivity index (χ2v) is 8.58. The zero-order chi connectivity index (χ0) is 26.4. The highest BCUT2D eigenvalue weighted by Gasteiger charge is 2.23. The molecule has 2 aromatic carbocycles.